The normalized spacial score (nSPS) is 26.4. The summed E-state index contributed by atoms with van der Waals surface area (Å²) < 4.78 is 93.8. The molecule has 0 unspecified atom stereocenters. The summed E-state index contributed by atoms with van der Waals surface area (Å²) in [6, 6.07) is 4.37. The number of halogens is 5. The van der Waals surface area contributed by atoms with Gasteiger partial charge in [-0.15, -0.1) is 0 Å². The van der Waals surface area contributed by atoms with Crippen LogP contribution in [0.25, 0.3) is 0 Å². The van der Waals surface area contributed by atoms with Gasteiger partial charge in [-0.1, -0.05) is 13.0 Å². The Balaban J connectivity index is 1.00. The lowest BCUT2D eigenvalue weighted by Crippen LogP contribution is -2.47. The van der Waals surface area contributed by atoms with E-state index < -0.39 is 58.9 Å². The zero-order valence-corrected chi connectivity index (χ0v) is 35.4. The number of carbonyl (C=O) groups excluding carboxylic acids is 4. The number of methoxy groups -OCH3 is 1. The van der Waals surface area contributed by atoms with Crippen molar-refractivity contribution in [2.45, 2.75) is 127 Å². The first kappa shape index (κ1) is 48.6. The number of carbonyl (C=O) groups is 4. The maximum absolute atomic E-state index is 14.7. The predicted octanol–water partition coefficient (Wildman–Crippen LogP) is 5.44. The fourth-order valence-electron chi connectivity index (χ4n) is 8.51. The first-order chi connectivity index (χ1) is 29.6. The van der Waals surface area contributed by atoms with Crippen LogP contribution < -0.4 is 31.7 Å². The van der Waals surface area contributed by atoms with Crippen molar-refractivity contribution >= 4 is 29.3 Å². The number of rotatable bonds is 19. The van der Waals surface area contributed by atoms with E-state index in [0.29, 0.717) is 71.2 Å². The zero-order chi connectivity index (χ0) is 45.0. The number of nitrogens with two attached hydrogens (primary N) is 1. The van der Waals surface area contributed by atoms with E-state index in [1.807, 2.05) is 0 Å². The Bertz CT molecular complexity index is 1840. The summed E-state index contributed by atoms with van der Waals surface area (Å²) in [4.78, 5) is 55.9. The Morgan fingerprint density at radius 2 is 1.56 bits per heavy atom. The molecule has 344 valence electrons. The number of pyridine rings is 1. The first-order valence-electron chi connectivity index (χ1n) is 21.4. The molecule has 2 heterocycles. The quantitative estimate of drug-likeness (QED) is 0.0897. The van der Waals surface area contributed by atoms with E-state index in [1.54, 1.807) is 0 Å². The van der Waals surface area contributed by atoms with Crippen LogP contribution in [0, 0.1) is 23.5 Å². The highest BCUT2D eigenvalue weighted by Crippen LogP contribution is 2.55. The molecule has 3 fully saturated rings. The largest absolute Gasteiger partial charge is 0.493 e. The highest BCUT2D eigenvalue weighted by Gasteiger charge is 2.66. The maximum Gasteiger partial charge on any atom is 0.417 e. The number of nitrogens with zero attached hydrogens (tertiary/aromatic N) is 1. The Morgan fingerprint density at radius 1 is 0.903 bits per heavy atom. The second-order valence-corrected chi connectivity index (χ2v) is 16.4. The van der Waals surface area contributed by atoms with Gasteiger partial charge in [0.05, 0.1) is 25.9 Å². The summed E-state index contributed by atoms with van der Waals surface area (Å²) in [5.41, 5.74) is 2.40. The molecule has 62 heavy (non-hydrogen) atoms. The van der Waals surface area contributed by atoms with Crippen LogP contribution in [-0.2, 0) is 28.6 Å². The minimum Gasteiger partial charge on any atom is -0.493 e. The summed E-state index contributed by atoms with van der Waals surface area (Å²) >= 11 is 0. The molecular formula is C43H59F5N6O8. The molecule has 3 aliphatic rings. The summed E-state index contributed by atoms with van der Waals surface area (Å²) in [6.45, 7) is 4.10. The first-order valence-corrected chi connectivity index (χ1v) is 21.4. The molecule has 0 bridgehead atoms. The minimum absolute atomic E-state index is 0.0173. The van der Waals surface area contributed by atoms with E-state index in [-0.39, 0.29) is 59.5 Å². The average Bonchev–Trinajstić information content (AvgIpc) is 3.53. The van der Waals surface area contributed by atoms with Crippen LogP contribution >= 0.6 is 0 Å². The van der Waals surface area contributed by atoms with Crippen molar-refractivity contribution in [3.63, 3.8) is 0 Å². The Labute approximate surface area is 358 Å². The molecule has 1 saturated heterocycles. The molecule has 2 saturated carbocycles. The molecule has 0 spiro atoms. The average molecular weight is 883 g/mol. The molecule has 4 amide bonds. The van der Waals surface area contributed by atoms with E-state index in [0.717, 1.165) is 51.8 Å². The van der Waals surface area contributed by atoms with Crippen LogP contribution in [0.15, 0.2) is 30.5 Å². The lowest BCUT2D eigenvalue weighted by molar-refractivity contribution is -0.272. The third-order valence-corrected chi connectivity index (χ3v) is 12.2. The summed E-state index contributed by atoms with van der Waals surface area (Å²) in [5.74, 6) is -8.12. The molecule has 1 aromatic carbocycles. The van der Waals surface area contributed by atoms with Crippen LogP contribution in [-0.4, -0.2) is 105 Å². The van der Waals surface area contributed by atoms with Crippen LogP contribution in [0.5, 0.6) is 5.75 Å². The van der Waals surface area contributed by atoms with Crippen molar-refractivity contribution < 1.29 is 60.1 Å². The second kappa shape index (κ2) is 22.2. The van der Waals surface area contributed by atoms with Gasteiger partial charge in [-0.25, -0.2) is 4.39 Å². The number of alkyl halides is 3. The Kier molecular flexibility index (Phi) is 17.4. The minimum atomic E-state index is -4.94. The fraction of sp³-hybridized carbons (Fsp3) is 0.651. The molecule has 2 aliphatic carbocycles. The van der Waals surface area contributed by atoms with Gasteiger partial charge in [0.1, 0.15) is 11.8 Å². The van der Waals surface area contributed by atoms with Crippen LogP contribution in [0.2, 0.25) is 0 Å². The molecule has 6 N–H and O–H groups in total. The number of nitrogens with one attached hydrogen (secondary N) is 4. The predicted molar refractivity (Wildman–Crippen MR) is 217 cm³/mol. The highest BCUT2D eigenvalue weighted by molar-refractivity contribution is 5.98. The highest BCUT2D eigenvalue weighted by atomic mass is 19.4. The van der Waals surface area contributed by atoms with Crippen molar-refractivity contribution in [1.29, 1.82) is 0 Å². The second-order valence-electron chi connectivity index (χ2n) is 16.4. The van der Waals surface area contributed by atoms with Crippen LogP contribution in [0.1, 0.15) is 106 Å². The third kappa shape index (κ3) is 12.4. The number of aromatic nitrogens is 1. The molecule has 5 rings (SSSR count). The Hall–Kier alpha value is -4.46. The number of hydrogen-bond acceptors (Lipinski definition) is 10. The van der Waals surface area contributed by atoms with E-state index in [1.165, 1.54) is 25.3 Å². The van der Waals surface area contributed by atoms with Crippen molar-refractivity contribution in [2.75, 3.05) is 45.3 Å². The third-order valence-electron chi connectivity index (χ3n) is 12.2. The smallest absolute Gasteiger partial charge is 0.417 e. The van der Waals surface area contributed by atoms with Gasteiger partial charge in [-0.3, -0.25) is 24.2 Å². The number of anilines is 1. The van der Waals surface area contributed by atoms with E-state index in [9.17, 15) is 41.1 Å². The van der Waals surface area contributed by atoms with Crippen molar-refractivity contribution in [3.05, 3.63) is 53.4 Å². The van der Waals surface area contributed by atoms with Crippen molar-refractivity contribution in [1.82, 2.24) is 20.9 Å². The van der Waals surface area contributed by atoms with Gasteiger partial charge in [-0.05, 0) is 89.3 Å². The molecular weight excluding hydrogens is 823 g/mol. The zero-order valence-electron chi connectivity index (χ0n) is 35.4. The molecule has 4 atom stereocenters. The van der Waals surface area contributed by atoms with Gasteiger partial charge in [-0.2, -0.15) is 17.6 Å². The van der Waals surface area contributed by atoms with Gasteiger partial charge in [0.2, 0.25) is 17.6 Å². The van der Waals surface area contributed by atoms with Gasteiger partial charge < -0.3 is 45.9 Å². The van der Waals surface area contributed by atoms with Crippen molar-refractivity contribution in [2.24, 2.45) is 17.6 Å². The van der Waals surface area contributed by atoms with E-state index in [2.05, 4.69) is 26.3 Å². The molecule has 1 aliphatic heterocycles. The fourth-order valence-corrected chi connectivity index (χ4v) is 8.51. The van der Waals surface area contributed by atoms with Gasteiger partial charge >= 0.3 is 6.18 Å². The lowest BCUT2D eigenvalue weighted by atomic mass is 9.77. The number of benzene rings is 1. The Morgan fingerprint density at radius 3 is 2.21 bits per heavy atom. The van der Waals surface area contributed by atoms with Crippen LogP contribution in [0.4, 0.5) is 27.6 Å². The van der Waals surface area contributed by atoms with Crippen molar-refractivity contribution in [3.8, 4) is 5.75 Å². The summed E-state index contributed by atoms with van der Waals surface area (Å²) in [6.07, 6.45) is 2.83. The summed E-state index contributed by atoms with van der Waals surface area (Å²) in [5, 5.41) is 11.1. The topological polar surface area (TPSA) is 192 Å². The molecule has 1 aromatic heterocycles. The van der Waals surface area contributed by atoms with Gasteiger partial charge in [0.15, 0.2) is 17.2 Å². The summed E-state index contributed by atoms with van der Waals surface area (Å²) in [7, 11) is 1.03. The lowest BCUT2D eigenvalue weighted by Gasteiger charge is -2.32. The van der Waals surface area contributed by atoms with E-state index >= 15 is 0 Å². The molecule has 2 aromatic rings. The van der Waals surface area contributed by atoms with Gasteiger partial charge in [0.25, 0.3) is 11.8 Å². The molecule has 19 heteroatoms. The SMILES string of the molecule is COc1c([C@H]2[C@H](C(=O)Nc3ccnc(C(=O)NCCCNC(=O)C4CCC(NC(=O)CCCOC5CCC(OCCN)CC5)CC4)c3)O[C@@](C)(C(F)(F)F)[C@H]2C)ccc(F)c1F. The number of ether oxygens (including phenoxy) is 4. The number of hydrogen-bond donors (Lipinski definition) is 5. The molecule has 14 nitrogen and oxygen atoms in total. The number of amides is 4. The monoisotopic (exact) mass is 882 g/mol. The standard InChI is InChI=1S/C43H59F5N6O8/c1-25-35(31-15-16-32(44)36(45)37(31)59-3)38(62-42(25,2)43(46,47)48)41(58)54-28-17-21-50-33(24-28)40(57)52-20-5-19-51-39(56)26-7-9-27(10-8-26)53-34(55)6-4-22-60-29-11-13-30(14-12-29)61-23-18-49/h15-17,21,24-27,29-30,35,38H,4-14,18-20,22-23,49H2,1-3H3,(H,51,56)(H,52,57)(H,53,55)(H,50,54,58)/t25-,26?,27?,29?,30?,35-,38+,42+/m0/s1. The van der Waals surface area contributed by atoms with Crippen LogP contribution in [0.3, 0.4) is 0 Å². The van der Waals surface area contributed by atoms with E-state index in [4.69, 9.17) is 24.7 Å². The molecule has 0 radical (unpaired) electrons. The maximum atomic E-state index is 14.7. The van der Waals surface area contributed by atoms with Gasteiger partial charge in [0, 0.05) is 73.9 Å².